The van der Waals surface area contributed by atoms with Crippen molar-refractivity contribution < 1.29 is 23.5 Å². The Kier molecular flexibility index (Phi) is 6.66. The number of H-pyrrole nitrogens is 1. The number of carbonyl (C=O) groups is 2. The van der Waals surface area contributed by atoms with Crippen molar-refractivity contribution in [2.45, 2.75) is 58.5 Å². The second kappa shape index (κ2) is 9.07. The molecule has 1 fully saturated rings. The molecule has 2 aromatic rings. The summed E-state index contributed by atoms with van der Waals surface area (Å²) in [4.78, 5) is 41.4. The molecule has 9 nitrogen and oxygen atoms in total. The minimum atomic E-state index is -0.645. The van der Waals surface area contributed by atoms with Gasteiger partial charge in [-0.3, -0.25) is 9.18 Å². The summed E-state index contributed by atoms with van der Waals surface area (Å²) in [6.45, 7) is 7.49. The molecule has 0 spiro atoms. The number of aryl methyl sites for hydroxylation is 1. The minimum Gasteiger partial charge on any atom is -0.462 e. The van der Waals surface area contributed by atoms with E-state index in [0.717, 1.165) is 0 Å². The Bertz CT molecular complexity index is 1020. The van der Waals surface area contributed by atoms with Gasteiger partial charge in [-0.05, 0) is 40.5 Å². The number of ether oxygens (including phenoxy) is 2. The van der Waals surface area contributed by atoms with Crippen molar-refractivity contribution in [3.63, 3.8) is 0 Å². The smallest absolute Gasteiger partial charge is 0.410 e. The van der Waals surface area contributed by atoms with Crippen LogP contribution in [0, 0.1) is 6.92 Å². The quantitative estimate of drug-likeness (QED) is 0.571. The highest BCUT2D eigenvalue weighted by Crippen LogP contribution is 2.29. The second-order valence-electron chi connectivity index (χ2n) is 8.70. The summed E-state index contributed by atoms with van der Waals surface area (Å²) >= 11 is 0. The first-order valence-electron chi connectivity index (χ1n) is 10.4. The van der Waals surface area contributed by atoms with E-state index in [-0.39, 0.29) is 41.8 Å². The van der Waals surface area contributed by atoms with Gasteiger partial charge in [0.05, 0.1) is 24.7 Å². The van der Waals surface area contributed by atoms with E-state index in [2.05, 4.69) is 10.1 Å². The third kappa shape index (κ3) is 5.23. The van der Waals surface area contributed by atoms with Crippen LogP contribution >= 0.6 is 0 Å². The van der Waals surface area contributed by atoms with Crippen LogP contribution in [-0.2, 0) is 9.47 Å². The summed E-state index contributed by atoms with van der Waals surface area (Å²) in [5.74, 6) is -0.660. The summed E-state index contributed by atoms with van der Waals surface area (Å²) in [5, 5.41) is 4.45. The van der Waals surface area contributed by atoms with Crippen LogP contribution in [-0.4, -0.2) is 63.5 Å². The molecule has 1 amide bonds. The monoisotopic (exact) mass is 436 g/mol. The normalized spacial score (nSPS) is 15.3. The largest absolute Gasteiger partial charge is 0.462 e. The topological polar surface area (TPSA) is 106 Å². The Hall–Kier alpha value is -2.91. The Morgan fingerprint density at radius 1 is 1.29 bits per heavy atom. The first-order chi connectivity index (χ1) is 14.6. The molecular weight excluding hydrogens is 407 g/mol. The third-order valence-corrected chi connectivity index (χ3v) is 5.11. The maximum Gasteiger partial charge on any atom is 0.410 e. The fraction of sp³-hybridized carbons (Fsp3) is 0.619. The molecule has 1 aliphatic heterocycles. The van der Waals surface area contributed by atoms with Gasteiger partial charge in [-0.25, -0.2) is 14.1 Å². The number of piperidine rings is 1. The lowest BCUT2D eigenvalue weighted by molar-refractivity contribution is 0.0203. The highest BCUT2D eigenvalue weighted by Gasteiger charge is 2.30. The number of alkyl halides is 1. The van der Waals surface area contributed by atoms with E-state index in [1.807, 2.05) is 20.8 Å². The standard InChI is InChI=1S/C21H29FN4O5/c1-13-17(19(28)30-11-5-8-22)18-23-16(27)12-15(26(18)24-13)14-6-9-25(10-7-14)20(29)31-21(2,3)4/h12,14H,5-11H2,1-4H3,(H,23,27). The summed E-state index contributed by atoms with van der Waals surface area (Å²) in [5.41, 5.74) is 0.612. The summed E-state index contributed by atoms with van der Waals surface area (Å²) in [6, 6.07) is 1.48. The molecule has 0 bridgehead atoms. The molecule has 10 heteroatoms. The van der Waals surface area contributed by atoms with Gasteiger partial charge in [0.25, 0.3) is 5.56 Å². The number of hydrogen-bond donors (Lipinski definition) is 1. The van der Waals surface area contributed by atoms with Gasteiger partial charge in [0, 0.05) is 31.5 Å². The fourth-order valence-corrected chi connectivity index (χ4v) is 3.69. The van der Waals surface area contributed by atoms with Crippen molar-refractivity contribution in [3.8, 4) is 0 Å². The molecule has 31 heavy (non-hydrogen) atoms. The summed E-state index contributed by atoms with van der Waals surface area (Å²) < 4.78 is 24.4. The predicted octanol–water partition coefficient (Wildman–Crippen LogP) is 2.96. The highest BCUT2D eigenvalue weighted by atomic mass is 19.1. The van der Waals surface area contributed by atoms with E-state index in [9.17, 15) is 18.8 Å². The number of likely N-dealkylation sites (tertiary alicyclic amines) is 1. The Labute approximate surface area is 179 Å². The van der Waals surface area contributed by atoms with Crippen molar-refractivity contribution in [1.82, 2.24) is 19.5 Å². The van der Waals surface area contributed by atoms with Gasteiger partial charge in [-0.1, -0.05) is 0 Å². The van der Waals surface area contributed by atoms with Crippen molar-refractivity contribution in [2.24, 2.45) is 0 Å². The number of carbonyl (C=O) groups excluding carboxylic acids is 2. The zero-order valence-electron chi connectivity index (χ0n) is 18.4. The molecule has 2 aromatic heterocycles. The average Bonchev–Trinajstić information content (AvgIpc) is 3.02. The van der Waals surface area contributed by atoms with Crippen molar-refractivity contribution in [2.75, 3.05) is 26.4 Å². The van der Waals surface area contributed by atoms with E-state index < -0.39 is 18.2 Å². The van der Waals surface area contributed by atoms with Crippen LogP contribution in [0.15, 0.2) is 10.9 Å². The van der Waals surface area contributed by atoms with Gasteiger partial charge in [0.1, 0.15) is 11.2 Å². The molecule has 1 aliphatic rings. The van der Waals surface area contributed by atoms with Crippen molar-refractivity contribution in [1.29, 1.82) is 0 Å². The highest BCUT2D eigenvalue weighted by molar-refractivity contribution is 5.97. The number of nitrogens with one attached hydrogen (secondary N) is 1. The number of aromatic amines is 1. The molecule has 0 unspecified atom stereocenters. The van der Waals surface area contributed by atoms with Gasteiger partial charge in [0.15, 0.2) is 5.65 Å². The van der Waals surface area contributed by atoms with Crippen LogP contribution in [0.5, 0.6) is 0 Å². The number of amides is 1. The molecule has 1 saturated heterocycles. The van der Waals surface area contributed by atoms with Crippen LogP contribution in [0.25, 0.3) is 5.65 Å². The summed E-state index contributed by atoms with van der Waals surface area (Å²) in [7, 11) is 0. The maximum atomic E-state index is 12.5. The van der Waals surface area contributed by atoms with E-state index >= 15 is 0 Å². The van der Waals surface area contributed by atoms with Crippen LogP contribution < -0.4 is 5.56 Å². The van der Waals surface area contributed by atoms with Gasteiger partial charge in [0.2, 0.25) is 0 Å². The number of hydrogen-bond acceptors (Lipinski definition) is 6. The number of nitrogens with zero attached hydrogens (tertiary/aromatic N) is 3. The Morgan fingerprint density at radius 3 is 2.58 bits per heavy atom. The van der Waals surface area contributed by atoms with E-state index in [1.54, 1.807) is 16.3 Å². The van der Waals surface area contributed by atoms with Crippen LogP contribution in [0.1, 0.15) is 67.7 Å². The van der Waals surface area contributed by atoms with Gasteiger partial charge < -0.3 is 19.4 Å². The first kappa shape index (κ1) is 22.8. The average molecular weight is 436 g/mol. The molecule has 170 valence electrons. The van der Waals surface area contributed by atoms with E-state index in [1.165, 1.54) is 6.07 Å². The molecular formula is C21H29FN4O5. The number of fused-ring (bicyclic) bond motifs is 1. The SMILES string of the molecule is Cc1nn2c(C3CCN(C(=O)OC(C)(C)C)CC3)cc(=O)[nH]c2c1C(=O)OCCCF. The zero-order chi connectivity index (χ0) is 22.8. The lowest BCUT2D eigenvalue weighted by atomic mass is 9.93. The van der Waals surface area contributed by atoms with Gasteiger partial charge in [-0.15, -0.1) is 0 Å². The Balaban J connectivity index is 1.82. The minimum absolute atomic E-state index is 0.0156. The molecule has 0 radical (unpaired) electrons. The number of rotatable bonds is 5. The van der Waals surface area contributed by atoms with E-state index in [0.29, 0.717) is 37.3 Å². The Morgan fingerprint density at radius 2 is 1.97 bits per heavy atom. The van der Waals surface area contributed by atoms with Crippen molar-refractivity contribution >= 4 is 17.7 Å². The zero-order valence-corrected chi connectivity index (χ0v) is 18.4. The molecule has 1 N–H and O–H groups in total. The second-order valence-corrected chi connectivity index (χ2v) is 8.70. The van der Waals surface area contributed by atoms with Gasteiger partial charge in [-0.2, -0.15) is 5.10 Å². The maximum absolute atomic E-state index is 12.5. The number of aromatic nitrogens is 3. The van der Waals surface area contributed by atoms with Crippen LogP contribution in [0.2, 0.25) is 0 Å². The lowest BCUT2D eigenvalue weighted by Gasteiger charge is -2.33. The fourth-order valence-electron chi connectivity index (χ4n) is 3.69. The number of esters is 1. The van der Waals surface area contributed by atoms with Gasteiger partial charge >= 0.3 is 12.1 Å². The van der Waals surface area contributed by atoms with E-state index in [4.69, 9.17) is 9.47 Å². The first-order valence-corrected chi connectivity index (χ1v) is 10.4. The van der Waals surface area contributed by atoms with Crippen LogP contribution in [0.4, 0.5) is 9.18 Å². The lowest BCUT2D eigenvalue weighted by Crippen LogP contribution is -2.41. The molecule has 0 aromatic carbocycles. The number of halogens is 1. The van der Waals surface area contributed by atoms with Crippen LogP contribution in [0.3, 0.4) is 0 Å². The molecule has 0 saturated carbocycles. The summed E-state index contributed by atoms with van der Waals surface area (Å²) in [6.07, 6.45) is 1.03. The molecule has 0 aliphatic carbocycles. The molecule has 3 rings (SSSR count). The third-order valence-electron chi connectivity index (χ3n) is 5.11. The van der Waals surface area contributed by atoms with Crippen molar-refractivity contribution in [3.05, 3.63) is 33.4 Å². The molecule has 0 atom stereocenters. The molecule has 3 heterocycles. The predicted molar refractivity (Wildman–Crippen MR) is 111 cm³/mol.